The predicted molar refractivity (Wildman–Crippen MR) is 335 cm³/mol. The van der Waals surface area contributed by atoms with Crippen molar-refractivity contribution in [1.82, 2.24) is 55.6 Å². The van der Waals surface area contributed by atoms with Gasteiger partial charge in [-0.2, -0.15) is 0 Å². The van der Waals surface area contributed by atoms with E-state index in [1.54, 1.807) is 41.5 Å². The fourth-order valence-electron chi connectivity index (χ4n) is 11.2. The Morgan fingerprint density at radius 1 is 0.460 bits per heavy atom. The van der Waals surface area contributed by atoms with Gasteiger partial charge in [-0.15, -0.1) is 0 Å². The number of carbonyl (C=O) groups excluding carboxylic acids is 11. The maximum atomic E-state index is 15.2. The summed E-state index contributed by atoms with van der Waals surface area (Å²) in [5, 5.41) is 21.9. The third-order valence-electron chi connectivity index (χ3n) is 16.6. The van der Waals surface area contributed by atoms with Crippen LogP contribution in [0.4, 0.5) is 0 Å². The molecule has 11 amide bonds. The molecule has 0 saturated carbocycles. The van der Waals surface area contributed by atoms with Gasteiger partial charge in [0.25, 0.3) is 0 Å². The van der Waals surface area contributed by atoms with Crippen LogP contribution < -0.4 is 21.3 Å². The van der Waals surface area contributed by atoms with E-state index in [9.17, 15) is 48.3 Å². The Labute approximate surface area is 520 Å². The molecule has 1 rings (SSSR count). The minimum Gasteiger partial charge on any atom is -0.394 e. The van der Waals surface area contributed by atoms with E-state index in [0.717, 1.165) is 9.80 Å². The Hall–Kier alpha value is -6.17. The van der Waals surface area contributed by atoms with E-state index in [1.807, 2.05) is 67.5 Å². The molecule has 1 saturated heterocycles. The molecule has 1 fully saturated rings. The van der Waals surface area contributed by atoms with Crippen LogP contribution in [-0.2, 0) is 57.5 Å². The first-order chi connectivity index (χ1) is 40.3. The lowest BCUT2D eigenvalue weighted by molar-refractivity contribution is -0.156. The Kier molecular flexibility index (Phi) is 32.9. The minimum absolute atomic E-state index is 0.00856. The summed E-state index contributed by atoms with van der Waals surface area (Å²) in [6.07, 6.45) is 4.93. The van der Waals surface area contributed by atoms with Gasteiger partial charge in [-0.3, -0.25) is 52.7 Å². The number of hydrogen-bond acceptors (Lipinski definition) is 13. The number of nitrogens with zero attached hydrogens (tertiary/aromatic N) is 7. The van der Waals surface area contributed by atoms with E-state index < -0.39 is 156 Å². The van der Waals surface area contributed by atoms with E-state index in [-0.39, 0.29) is 62.4 Å². The van der Waals surface area contributed by atoms with Gasteiger partial charge in [0.05, 0.1) is 13.2 Å². The number of allylic oxidation sites excluding steroid dienone is 2. The molecule has 0 aromatic carbocycles. The molecule has 2 unspecified atom stereocenters. The maximum Gasteiger partial charge on any atom is 0.248 e. The molecule has 0 bridgehead atoms. The van der Waals surface area contributed by atoms with Crippen molar-refractivity contribution < 1.29 is 62.6 Å². The van der Waals surface area contributed by atoms with Gasteiger partial charge in [0.1, 0.15) is 66.5 Å². The van der Waals surface area contributed by atoms with Crippen LogP contribution in [0.1, 0.15) is 149 Å². The number of amides is 11. The van der Waals surface area contributed by atoms with Crippen molar-refractivity contribution in [2.24, 2.45) is 41.4 Å². The molecule has 24 nitrogen and oxygen atoms in total. The number of aliphatic hydroxyl groups excluding tert-OH is 1. The van der Waals surface area contributed by atoms with Crippen LogP contribution in [0, 0.1) is 41.4 Å². The Bertz CT molecular complexity index is 2370. The summed E-state index contributed by atoms with van der Waals surface area (Å²) < 4.78 is 5.44. The largest absolute Gasteiger partial charge is 0.394 e. The Balaban J connectivity index is 4.40. The lowest BCUT2D eigenvalue weighted by Crippen LogP contribution is -2.63. The summed E-state index contributed by atoms with van der Waals surface area (Å²) in [7, 11) is 11.3. The second-order valence-electron chi connectivity index (χ2n) is 26.2. The Morgan fingerprint density at radius 2 is 0.874 bits per heavy atom. The summed E-state index contributed by atoms with van der Waals surface area (Å²) in [5.74, 6) is -10.0. The van der Waals surface area contributed by atoms with Crippen molar-refractivity contribution in [1.29, 1.82) is 0 Å². The third-order valence-corrected chi connectivity index (χ3v) is 16.6. The molecule has 1 aliphatic rings. The van der Waals surface area contributed by atoms with E-state index >= 15 is 9.59 Å². The molecule has 1 aliphatic heterocycles. The smallest absolute Gasteiger partial charge is 0.248 e. The average molecular weight is 1230 g/mol. The fourth-order valence-corrected chi connectivity index (χ4v) is 11.2. The highest BCUT2D eigenvalue weighted by atomic mass is 16.5. The van der Waals surface area contributed by atoms with Crippen LogP contribution in [0.3, 0.4) is 0 Å². The molecule has 0 radical (unpaired) electrons. The summed E-state index contributed by atoms with van der Waals surface area (Å²) >= 11 is 0. The monoisotopic (exact) mass is 1230 g/mol. The Morgan fingerprint density at radius 3 is 1.33 bits per heavy atom. The molecular weight excluding hydrogens is 1120 g/mol. The van der Waals surface area contributed by atoms with Crippen LogP contribution in [0.15, 0.2) is 12.2 Å². The summed E-state index contributed by atoms with van der Waals surface area (Å²) in [4.78, 5) is 170. The number of carbonyl (C=O) groups is 11. The van der Waals surface area contributed by atoms with E-state index in [0.29, 0.717) is 6.42 Å². The number of hydrogen-bond donors (Lipinski definition) is 5. The number of rotatable bonds is 17. The molecule has 1 heterocycles. The van der Waals surface area contributed by atoms with Gasteiger partial charge in [0.2, 0.25) is 65.0 Å². The maximum absolute atomic E-state index is 15.2. The van der Waals surface area contributed by atoms with Crippen molar-refractivity contribution in [3.05, 3.63) is 12.2 Å². The number of nitrogens with one attached hydrogen (secondary N) is 4. The van der Waals surface area contributed by atoms with Crippen LogP contribution in [-0.4, -0.2) is 241 Å². The van der Waals surface area contributed by atoms with Gasteiger partial charge < -0.3 is 65.4 Å². The zero-order chi connectivity index (χ0) is 67.4. The number of methoxy groups -OCH3 is 1. The molecule has 0 aromatic rings. The van der Waals surface area contributed by atoms with Crippen molar-refractivity contribution in [3.63, 3.8) is 0 Å². The van der Waals surface area contributed by atoms with E-state index in [4.69, 9.17) is 4.74 Å². The molecule has 5 N–H and O–H groups in total. The fraction of sp³-hybridized carbons (Fsp3) is 0.794. The minimum atomic E-state index is -1.59. The highest BCUT2D eigenvalue weighted by Gasteiger charge is 2.45. The van der Waals surface area contributed by atoms with E-state index in [1.165, 1.54) is 94.8 Å². The second kappa shape index (κ2) is 36.3. The number of aliphatic hydroxyl groups is 1. The highest BCUT2D eigenvalue weighted by molar-refractivity contribution is 6.00. The van der Waals surface area contributed by atoms with Gasteiger partial charge >= 0.3 is 0 Å². The first-order valence-electron chi connectivity index (χ1n) is 31.1. The lowest BCUT2D eigenvalue weighted by atomic mass is 9.93. The van der Waals surface area contributed by atoms with Crippen molar-refractivity contribution >= 4 is 65.0 Å². The molecular formula is C63H113N11O13. The topological polar surface area (TPSA) is 288 Å². The predicted octanol–water partition coefficient (Wildman–Crippen LogP) is 2.90. The quantitative estimate of drug-likeness (QED) is 0.131. The van der Waals surface area contributed by atoms with Crippen LogP contribution in [0.5, 0.6) is 0 Å². The van der Waals surface area contributed by atoms with Gasteiger partial charge in [-0.05, 0) is 94.8 Å². The second-order valence-corrected chi connectivity index (χ2v) is 26.2. The zero-order valence-corrected chi connectivity index (χ0v) is 57.2. The zero-order valence-electron chi connectivity index (χ0n) is 57.2. The molecule has 13 atom stereocenters. The first kappa shape index (κ1) is 78.8. The first-order valence-corrected chi connectivity index (χ1v) is 31.1. The van der Waals surface area contributed by atoms with Crippen LogP contribution in [0.2, 0.25) is 0 Å². The third kappa shape index (κ3) is 21.8. The van der Waals surface area contributed by atoms with Gasteiger partial charge in [-0.1, -0.05) is 102 Å². The lowest BCUT2D eigenvalue weighted by Gasteiger charge is -2.41. The molecule has 0 spiro atoms. The van der Waals surface area contributed by atoms with Gasteiger partial charge in [0, 0.05) is 62.4 Å². The normalized spacial score (nSPS) is 27.4. The highest BCUT2D eigenvalue weighted by Crippen LogP contribution is 2.26. The van der Waals surface area contributed by atoms with E-state index in [2.05, 4.69) is 21.3 Å². The molecule has 24 heteroatoms. The number of likely N-dealkylation sites (N-methyl/N-ethyl adjacent to an activating group) is 7. The van der Waals surface area contributed by atoms with Gasteiger partial charge in [0.15, 0.2) is 0 Å². The molecule has 87 heavy (non-hydrogen) atoms. The average Bonchev–Trinajstić information content (AvgIpc) is 2.60. The summed E-state index contributed by atoms with van der Waals surface area (Å²) in [6.45, 7) is 27.1. The SMILES string of the molecule is C/C=C/C[C@@H](C)C[C@H]1C(=O)N[C@@H](CC)C(=O)N(C)[C@H](CO)C(=O)N(C)[C@@H]([C@H](C)COC)C(=O)NC(C(C)C)C(=O)N(C)[C@@H](CC(C)C)C(=O)N[C@@H](C)C(=O)N[C@H](C)C(=O)N(C)[C@@H](CC(C)C)C(=O)N(C)[C@@H](CC(C)C)C(=O)N(C)C(C(C)C)C(=O)N1C. The van der Waals surface area contributed by atoms with Gasteiger partial charge in [-0.25, -0.2) is 0 Å². The summed E-state index contributed by atoms with van der Waals surface area (Å²) in [6, 6.07) is -13.8. The van der Waals surface area contributed by atoms with Crippen LogP contribution in [0.25, 0.3) is 0 Å². The number of ether oxygens (including phenoxy) is 1. The molecule has 498 valence electrons. The van der Waals surface area contributed by atoms with Crippen molar-refractivity contribution in [3.8, 4) is 0 Å². The van der Waals surface area contributed by atoms with Crippen LogP contribution >= 0.6 is 0 Å². The van der Waals surface area contributed by atoms with Crippen molar-refractivity contribution in [2.45, 2.75) is 216 Å². The summed E-state index contributed by atoms with van der Waals surface area (Å²) in [5.41, 5.74) is 0. The molecule has 0 aromatic heterocycles. The van der Waals surface area contributed by atoms with Crippen molar-refractivity contribution in [2.75, 3.05) is 69.7 Å². The molecule has 0 aliphatic carbocycles. The standard InChI is InChI=1S/C63H113N11O13/c1-25-27-28-40(13)32-46-55(78)66-44(26-2)58(81)72(21)49(33-75)61(84)74(23)52(41(14)34-87-24)56(79)67-50(38(9)10)62(85)68(17)45(29-35(3)4)54(77)64-42(15)53(76)65-43(16)57(80)70(19)47(30-36(5)6)59(82)71(20)48(31-37(7)8)60(83)73(22)51(39(11)12)63(86)69(46)18/h25,27,35-52,75H,26,28-34H2,1-24H3,(H,64,77)(H,65,76)(H,66,78)(H,67,79)/b27-25+/t40-,41-,42+,43-,44+,45+,46+,47+,48+,49-,50?,51?,52+/m1/s1.